The molecular formula is C12H24N2. The lowest BCUT2D eigenvalue weighted by atomic mass is 10.1. The molecule has 0 radical (unpaired) electrons. The van der Waals surface area contributed by atoms with E-state index in [1.165, 1.54) is 51.6 Å². The molecule has 0 saturated carbocycles. The van der Waals surface area contributed by atoms with Gasteiger partial charge in [-0.15, -0.1) is 0 Å². The van der Waals surface area contributed by atoms with Crippen LogP contribution in [0.15, 0.2) is 0 Å². The topological polar surface area (TPSA) is 27.0 Å². The Morgan fingerprint density at radius 1 is 1.29 bits per heavy atom. The lowest BCUT2D eigenvalue weighted by molar-refractivity contribution is 0.240. The summed E-state index contributed by atoms with van der Waals surface area (Å²) in [5, 5.41) is 6.50. The van der Waals surface area contributed by atoms with Crippen molar-refractivity contribution >= 4 is 0 Å². The second-order valence-corrected chi connectivity index (χ2v) is 3.97. The number of unbranched alkanes of at least 4 members (excludes halogenated alkanes) is 1. The molecule has 0 aromatic rings. The van der Waals surface area contributed by atoms with Gasteiger partial charge in [0.25, 0.3) is 0 Å². The highest BCUT2D eigenvalue weighted by atomic mass is 15.2. The molecule has 2 heteroatoms. The molecule has 82 valence electrons. The molecule has 1 heterocycles. The predicted octanol–water partition coefficient (Wildman–Crippen LogP) is 3.19. The minimum atomic E-state index is 0.935. The minimum Gasteiger partial charge on any atom is -0.300 e. The summed E-state index contributed by atoms with van der Waals surface area (Å²) in [7, 11) is 0. The molecule has 0 amide bonds. The van der Waals surface area contributed by atoms with E-state index in [0.29, 0.717) is 0 Å². The Balaban J connectivity index is 0.000000791. The zero-order valence-corrected chi connectivity index (χ0v) is 9.71. The van der Waals surface area contributed by atoms with E-state index in [-0.39, 0.29) is 0 Å². The normalized spacial score (nSPS) is 21.6. The highest BCUT2D eigenvalue weighted by molar-refractivity contribution is 4.78. The van der Waals surface area contributed by atoms with Crippen LogP contribution in [0.25, 0.3) is 0 Å². The average Bonchev–Trinajstić information content (AvgIpc) is 2.66. The van der Waals surface area contributed by atoms with Gasteiger partial charge in [-0.2, -0.15) is 0 Å². The second-order valence-electron chi connectivity index (χ2n) is 3.97. The summed E-state index contributed by atoms with van der Waals surface area (Å²) in [6.45, 7) is 10.8. The third kappa shape index (κ3) is 4.62. The Morgan fingerprint density at radius 2 is 2.00 bits per heavy atom. The molecule has 0 spiro atoms. The third-order valence-electron chi connectivity index (χ3n) is 2.90. The number of likely N-dealkylation sites (tertiary alicyclic amines) is 1. The van der Waals surface area contributed by atoms with Gasteiger partial charge >= 0.3 is 0 Å². The zero-order valence-electron chi connectivity index (χ0n) is 9.71. The Bertz CT molecular complexity index is 143. The fourth-order valence-corrected chi connectivity index (χ4v) is 2.24. The molecule has 1 fully saturated rings. The Kier molecular flexibility index (Phi) is 8.67. The van der Waals surface area contributed by atoms with Gasteiger partial charge in [0, 0.05) is 12.6 Å². The smallest absolute Gasteiger partial charge is 0.0462 e. The van der Waals surface area contributed by atoms with Crippen molar-refractivity contribution in [2.45, 2.75) is 58.4 Å². The van der Waals surface area contributed by atoms with Gasteiger partial charge in [0.05, 0.1) is 0 Å². The molecule has 1 unspecified atom stereocenters. The van der Waals surface area contributed by atoms with E-state index < -0.39 is 0 Å². The molecule has 0 aromatic carbocycles. The largest absolute Gasteiger partial charge is 0.300 e. The number of nitrogens with zero attached hydrogens (tertiary/aromatic N) is 2. The molecule has 0 aliphatic carbocycles. The van der Waals surface area contributed by atoms with Crippen molar-refractivity contribution in [1.29, 1.82) is 5.26 Å². The van der Waals surface area contributed by atoms with Gasteiger partial charge < -0.3 is 4.90 Å². The summed E-state index contributed by atoms with van der Waals surface area (Å²) in [6.07, 6.45) is 8.44. The fourth-order valence-electron chi connectivity index (χ4n) is 2.24. The van der Waals surface area contributed by atoms with E-state index in [2.05, 4.69) is 25.3 Å². The summed E-state index contributed by atoms with van der Waals surface area (Å²) in [4.78, 5) is 2.69. The van der Waals surface area contributed by atoms with E-state index in [1.807, 2.05) is 0 Å². The molecule has 0 bridgehead atoms. The van der Waals surface area contributed by atoms with E-state index in [1.54, 1.807) is 0 Å². The maximum Gasteiger partial charge on any atom is 0.0462 e. The first kappa shape index (κ1) is 13.4. The molecule has 0 aromatic heterocycles. The average molecular weight is 196 g/mol. The van der Waals surface area contributed by atoms with Gasteiger partial charge in [-0.25, -0.2) is 5.26 Å². The van der Waals surface area contributed by atoms with Crippen LogP contribution in [0.5, 0.6) is 0 Å². The first-order valence-electron chi connectivity index (χ1n) is 5.88. The lowest BCUT2D eigenvalue weighted by Gasteiger charge is -2.23. The van der Waals surface area contributed by atoms with Crippen molar-refractivity contribution in [1.82, 2.24) is 4.90 Å². The molecule has 1 rings (SSSR count). The van der Waals surface area contributed by atoms with Crippen LogP contribution in [-0.2, 0) is 0 Å². The summed E-state index contributed by atoms with van der Waals surface area (Å²) >= 11 is 0. The van der Waals surface area contributed by atoms with Crippen LogP contribution < -0.4 is 0 Å². The number of nitriles is 1. The predicted molar refractivity (Wildman–Crippen MR) is 61.1 cm³/mol. The Labute approximate surface area is 88.9 Å². The maximum absolute atomic E-state index is 6.50. The van der Waals surface area contributed by atoms with Gasteiger partial charge in [0.2, 0.25) is 0 Å². The maximum atomic E-state index is 6.50. The van der Waals surface area contributed by atoms with Crippen molar-refractivity contribution in [3.63, 3.8) is 0 Å². The molecule has 0 N–H and O–H groups in total. The van der Waals surface area contributed by atoms with Crippen LogP contribution in [0.2, 0.25) is 0 Å². The van der Waals surface area contributed by atoms with Gasteiger partial charge in [-0.1, -0.05) is 26.7 Å². The third-order valence-corrected chi connectivity index (χ3v) is 2.90. The van der Waals surface area contributed by atoms with Gasteiger partial charge in [-0.3, -0.25) is 0 Å². The Hall–Kier alpha value is -0.550. The van der Waals surface area contributed by atoms with E-state index in [0.717, 1.165) is 6.04 Å². The highest BCUT2D eigenvalue weighted by Gasteiger charge is 2.22. The van der Waals surface area contributed by atoms with Gasteiger partial charge in [0.1, 0.15) is 0 Å². The van der Waals surface area contributed by atoms with Crippen molar-refractivity contribution < 1.29 is 0 Å². The number of hydrogen-bond acceptors (Lipinski definition) is 2. The van der Waals surface area contributed by atoms with Crippen molar-refractivity contribution in [2.24, 2.45) is 0 Å². The molecule has 2 nitrogen and oxygen atoms in total. The van der Waals surface area contributed by atoms with Gasteiger partial charge in [-0.05, 0) is 38.8 Å². The summed E-state index contributed by atoms with van der Waals surface area (Å²) in [5.41, 5.74) is 0. The molecule has 1 aliphatic rings. The van der Waals surface area contributed by atoms with Crippen LogP contribution in [0, 0.1) is 11.8 Å². The van der Waals surface area contributed by atoms with E-state index in [9.17, 15) is 0 Å². The first-order valence-corrected chi connectivity index (χ1v) is 5.88. The van der Waals surface area contributed by atoms with Gasteiger partial charge in [0.15, 0.2) is 0 Å². The van der Waals surface area contributed by atoms with Crippen LogP contribution in [0.1, 0.15) is 52.4 Å². The first-order chi connectivity index (χ1) is 6.88. The molecular weight excluding hydrogens is 172 g/mol. The van der Waals surface area contributed by atoms with Crippen molar-refractivity contribution in [3.05, 3.63) is 0 Å². The van der Waals surface area contributed by atoms with Crippen molar-refractivity contribution in [2.75, 3.05) is 13.1 Å². The Morgan fingerprint density at radius 3 is 2.57 bits per heavy atom. The minimum absolute atomic E-state index is 0.935. The van der Waals surface area contributed by atoms with E-state index >= 15 is 0 Å². The summed E-state index contributed by atoms with van der Waals surface area (Å²) in [5.74, 6) is 0. The molecule has 14 heavy (non-hydrogen) atoms. The molecule has 1 saturated heterocycles. The zero-order chi connectivity index (χ0) is 10.8. The monoisotopic (exact) mass is 196 g/mol. The standard InChI is InChI=1S/C11H23N.CHN/c1-3-5-7-11-8-6-10-12(11)9-4-2;1-2/h11H,3-10H2,1-2H3;1H. The van der Waals surface area contributed by atoms with E-state index in [4.69, 9.17) is 5.26 Å². The van der Waals surface area contributed by atoms with Crippen LogP contribution in [0.4, 0.5) is 0 Å². The summed E-state index contributed by atoms with van der Waals surface area (Å²) in [6, 6.07) is 0.935. The van der Waals surface area contributed by atoms with Crippen LogP contribution in [-0.4, -0.2) is 24.0 Å². The SMILES string of the molecule is C#N.CCCCC1CCCN1CCC. The number of hydrogen-bond donors (Lipinski definition) is 0. The summed E-state index contributed by atoms with van der Waals surface area (Å²) < 4.78 is 0. The van der Waals surface area contributed by atoms with Crippen molar-refractivity contribution in [3.8, 4) is 6.57 Å². The number of rotatable bonds is 5. The molecule has 1 aliphatic heterocycles. The fraction of sp³-hybridized carbons (Fsp3) is 0.917. The quantitative estimate of drug-likeness (QED) is 0.675. The molecule has 1 atom stereocenters. The highest BCUT2D eigenvalue weighted by Crippen LogP contribution is 2.21. The lowest BCUT2D eigenvalue weighted by Crippen LogP contribution is -2.29. The second kappa shape index (κ2) is 9.02. The van der Waals surface area contributed by atoms with Crippen LogP contribution in [0.3, 0.4) is 0 Å². The van der Waals surface area contributed by atoms with Crippen LogP contribution >= 0.6 is 0 Å².